The Bertz CT molecular complexity index is 1270. The summed E-state index contributed by atoms with van der Waals surface area (Å²) in [5.74, 6) is -0.543. The number of rotatable bonds is 5. The van der Waals surface area contributed by atoms with Gasteiger partial charge in [-0.1, -0.05) is 18.2 Å². The zero-order valence-electron chi connectivity index (χ0n) is 16.5. The number of fused-ring (bicyclic) bond motifs is 1. The number of methoxy groups -OCH3 is 1. The van der Waals surface area contributed by atoms with E-state index in [9.17, 15) is 14.5 Å². The monoisotopic (exact) mass is 407 g/mol. The minimum Gasteiger partial charge on any atom is -0.494 e. The van der Waals surface area contributed by atoms with Gasteiger partial charge in [-0.25, -0.2) is 9.97 Å². The van der Waals surface area contributed by atoms with Crippen molar-refractivity contribution >= 4 is 28.2 Å². The predicted octanol–water partition coefficient (Wildman–Crippen LogP) is 4.46. The fourth-order valence-corrected chi connectivity index (χ4v) is 3.41. The summed E-state index contributed by atoms with van der Waals surface area (Å²) >= 11 is 0. The highest BCUT2D eigenvalue weighted by Gasteiger charge is 2.23. The van der Waals surface area contributed by atoms with Gasteiger partial charge in [-0.2, -0.15) is 4.39 Å². The van der Waals surface area contributed by atoms with Crippen molar-refractivity contribution in [3.8, 4) is 17.0 Å². The zero-order chi connectivity index (χ0) is 21.4. The second-order valence-corrected chi connectivity index (χ2v) is 6.70. The van der Waals surface area contributed by atoms with Crippen LogP contribution in [0, 0.1) is 15.9 Å². The van der Waals surface area contributed by atoms with E-state index >= 15 is 0 Å². The Balaban J connectivity index is 1.81. The molecule has 0 amide bonds. The molecule has 0 aliphatic heterocycles. The van der Waals surface area contributed by atoms with Crippen molar-refractivity contribution in [2.75, 3.05) is 19.1 Å². The van der Waals surface area contributed by atoms with Gasteiger partial charge < -0.3 is 14.2 Å². The van der Waals surface area contributed by atoms with Crippen LogP contribution in [0.2, 0.25) is 0 Å². The number of nitro groups is 1. The molecule has 0 fully saturated rings. The Labute approximate surface area is 171 Å². The smallest absolute Gasteiger partial charge is 0.307 e. The molecule has 0 spiro atoms. The summed E-state index contributed by atoms with van der Waals surface area (Å²) < 4.78 is 21.2. The fraction of sp³-hybridized carbons (Fsp3) is 0.143. The van der Waals surface area contributed by atoms with Gasteiger partial charge in [0.25, 0.3) is 0 Å². The van der Waals surface area contributed by atoms with Crippen molar-refractivity contribution in [2.24, 2.45) is 7.05 Å². The normalized spacial score (nSPS) is 10.9. The Morgan fingerprint density at radius 3 is 2.73 bits per heavy atom. The lowest BCUT2D eigenvalue weighted by atomic mass is 10.1. The molecule has 0 saturated carbocycles. The number of halogens is 1. The third-order valence-corrected chi connectivity index (χ3v) is 4.92. The van der Waals surface area contributed by atoms with E-state index in [1.54, 1.807) is 19.3 Å². The number of nitro benzene ring substituents is 1. The molecule has 0 unspecified atom stereocenters. The lowest BCUT2D eigenvalue weighted by Gasteiger charge is -2.20. The summed E-state index contributed by atoms with van der Waals surface area (Å²) in [6, 6.07) is 11.9. The molecule has 8 nitrogen and oxygen atoms in total. The van der Waals surface area contributed by atoms with E-state index in [0.717, 1.165) is 28.6 Å². The summed E-state index contributed by atoms with van der Waals surface area (Å²) in [6.07, 6.45) is 3.60. The number of para-hydroxylation sites is 1. The van der Waals surface area contributed by atoms with E-state index in [4.69, 9.17) is 4.74 Å². The first-order chi connectivity index (χ1) is 14.4. The van der Waals surface area contributed by atoms with Gasteiger partial charge in [-0.3, -0.25) is 10.1 Å². The van der Waals surface area contributed by atoms with Crippen LogP contribution in [0.4, 0.5) is 21.7 Å². The summed E-state index contributed by atoms with van der Waals surface area (Å²) in [4.78, 5) is 20.8. The molecule has 2 aromatic carbocycles. The number of anilines is 2. The predicted molar refractivity (Wildman–Crippen MR) is 112 cm³/mol. The van der Waals surface area contributed by atoms with Crippen molar-refractivity contribution in [3.05, 3.63) is 70.8 Å². The third kappa shape index (κ3) is 3.20. The van der Waals surface area contributed by atoms with Gasteiger partial charge in [0.05, 0.1) is 23.4 Å². The molecule has 4 rings (SSSR count). The maximum Gasteiger partial charge on any atom is 0.307 e. The minimum absolute atomic E-state index is 0.139. The molecule has 0 atom stereocenters. The van der Waals surface area contributed by atoms with E-state index in [-0.39, 0.29) is 11.4 Å². The second-order valence-electron chi connectivity index (χ2n) is 6.70. The summed E-state index contributed by atoms with van der Waals surface area (Å²) in [5, 5.41) is 12.2. The first-order valence-corrected chi connectivity index (χ1v) is 9.04. The quantitative estimate of drug-likeness (QED) is 0.359. The molecule has 0 aliphatic carbocycles. The molecule has 2 heterocycles. The molecule has 0 aliphatic rings. The first-order valence-electron chi connectivity index (χ1n) is 9.04. The van der Waals surface area contributed by atoms with Crippen molar-refractivity contribution in [3.63, 3.8) is 0 Å². The van der Waals surface area contributed by atoms with Gasteiger partial charge in [0.2, 0.25) is 11.8 Å². The Kier molecular flexibility index (Phi) is 4.78. The van der Waals surface area contributed by atoms with Crippen molar-refractivity contribution in [1.82, 2.24) is 14.5 Å². The van der Waals surface area contributed by atoms with Crippen LogP contribution in [-0.2, 0) is 7.05 Å². The highest BCUT2D eigenvalue weighted by Crippen LogP contribution is 2.37. The van der Waals surface area contributed by atoms with Crippen LogP contribution in [-0.4, -0.2) is 33.6 Å². The van der Waals surface area contributed by atoms with Crippen LogP contribution in [0.5, 0.6) is 5.75 Å². The number of aryl methyl sites for hydroxylation is 1. The minimum atomic E-state index is -0.973. The average molecular weight is 407 g/mol. The molecule has 2 aromatic heterocycles. The Morgan fingerprint density at radius 1 is 1.23 bits per heavy atom. The average Bonchev–Trinajstić information content (AvgIpc) is 3.09. The Morgan fingerprint density at radius 2 is 2.00 bits per heavy atom. The van der Waals surface area contributed by atoms with E-state index in [1.807, 2.05) is 42.1 Å². The maximum atomic E-state index is 14.0. The van der Waals surface area contributed by atoms with Crippen LogP contribution in [0.25, 0.3) is 22.2 Å². The topological polar surface area (TPSA) is 86.3 Å². The van der Waals surface area contributed by atoms with Crippen molar-refractivity contribution in [1.29, 1.82) is 0 Å². The summed E-state index contributed by atoms with van der Waals surface area (Å²) in [7, 11) is 4.97. The summed E-state index contributed by atoms with van der Waals surface area (Å²) in [6.45, 7) is 0. The number of ether oxygens (including phenoxy) is 1. The molecule has 152 valence electrons. The van der Waals surface area contributed by atoms with Gasteiger partial charge in [-0.05, 0) is 12.1 Å². The standard InChI is InChI=1S/C21H18FN5O3/c1-25-12-14(13-6-4-5-7-17(13)25)16-8-9-23-21(24-16)26(2)19-11-18(27(28)29)15(22)10-20(19)30-3/h4-12H,1-3H3. The van der Waals surface area contributed by atoms with E-state index in [0.29, 0.717) is 11.6 Å². The number of nitrogens with zero attached hydrogens (tertiary/aromatic N) is 5. The molecule has 0 bridgehead atoms. The van der Waals surface area contributed by atoms with Gasteiger partial charge in [0.15, 0.2) is 0 Å². The lowest BCUT2D eigenvalue weighted by molar-refractivity contribution is -0.387. The number of benzene rings is 2. The molecule has 30 heavy (non-hydrogen) atoms. The zero-order valence-corrected chi connectivity index (χ0v) is 16.5. The third-order valence-electron chi connectivity index (χ3n) is 4.92. The van der Waals surface area contributed by atoms with Crippen LogP contribution < -0.4 is 9.64 Å². The summed E-state index contributed by atoms with van der Waals surface area (Å²) in [5.41, 5.74) is 2.32. The molecular formula is C21H18FN5O3. The van der Waals surface area contributed by atoms with E-state index in [1.165, 1.54) is 12.0 Å². The molecular weight excluding hydrogens is 389 g/mol. The number of hydrogen-bond acceptors (Lipinski definition) is 6. The molecule has 0 N–H and O–H groups in total. The number of aromatic nitrogens is 3. The highest BCUT2D eigenvalue weighted by atomic mass is 19.1. The van der Waals surface area contributed by atoms with Crippen molar-refractivity contribution < 1.29 is 14.1 Å². The second kappa shape index (κ2) is 7.43. The molecule has 0 radical (unpaired) electrons. The highest BCUT2D eigenvalue weighted by molar-refractivity contribution is 5.95. The maximum absolute atomic E-state index is 14.0. The van der Waals surface area contributed by atoms with E-state index < -0.39 is 16.4 Å². The lowest BCUT2D eigenvalue weighted by Crippen LogP contribution is -2.15. The van der Waals surface area contributed by atoms with Gasteiger partial charge in [0.1, 0.15) is 5.75 Å². The molecule has 9 heteroatoms. The Hall–Kier alpha value is -4.01. The van der Waals surface area contributed by atoms with Crippen LogP contribution in [0.15, 0.2) is 54.9 Å². The molecule has 0 saturated heterocycles. The number of hydrogen-bond donors (Lipinski definition) is 0. The van der Waals surface area contributed by atoms with Crippen LogP contribution in [0.3, 0.4) is 0 Å². The molecule has 4 aromatic rings. The van der Waals surface area contributed by atoms with E-state index in [2.05, 4.69) is 9.97 Å². The fourth-order valence-electron chi connectivity index (χ4n) is 3.41. The van der Waals surface area contributed by atoms with Gasteiger partial charge >= 0.3 is 5.69 Å². The first kappa shape index (κ1) is 19.3. The van der Waals surface area contributed by atoms with Crippen LogP contribution >= 0.6 is 0 Å². The van der Waals surface area contributed by atoms with Crippen molar-refractivity contribution in [2.45, 2.75) is 0 Å². The van der Waals surface area contributed by atoms with Gasteiger partial charge in [0, 0.05) is 55.1 Å². The van der Waals surface area contributed by atoms with Gasteiger partial charge in [-0.15, -0.1) is 0 Å². The largest absolute Gasteiger partial charge is 0.494 e. The SMILES string of the molecule is COc1cc(F)c([N+](=O)[O-])cc1N(C)c1nccc(-c2cn(C)c3ccccc23)n1. The van der Waals surface area contributed by atoms with Crippen LogP contribution in [0.1, 0.15) is 0 Å².